The molecule has 1 aromatic carbocycles. The van der Waals surface area contributed by atoms with Gasteiger partial charge in [0.15, 0.2) is 6.10 Å². The summed E-state index contributed by atoms with van der Waals surface area (Å²) in [5.41, 5.74) is 2.10. The van der Waals surface area contributed by atoms with Crippen LogP contribution in [-0.4, -0.2) is 17.0 Å². The van der Waals surface area contributed by atoms with Crippen molar-refractivity contribution in [2.45, 2.75) is 38.7 Å². The van der Waals surface area contributed by atoms with E-state index in [4.69, 9.17) is 4.74 Å². The highest BCUT2D eigenvalue weighted by molar-refractivity contribution is 7.08. The highest BCUT2D eigenvalue weighted by Crippen LogP contribution is 2.14. The number of nitro groups is 1. The van der Waals surface area contributed by atoms with Gasteiger partial charge in [-0.2, -0.15) is 11.3 Å². The summed E-state index contributed by atoms with van der Waals surface area (Å²) in [4.78, 5) is 22.6. The minimum absolute atomic E-state index is 0.0800. The van der Waals surface area contributed by atoms with E-state index < -0.39 is 17.0 Å². The normalized spacial score (nSPS) is 10.7. The molecule has 0 aliphatic carbocycles. The lowest BCUT2D eigenvalue weighted by Crippen LogP contribution is -2.17. The fourth-order valence-corrected chi connectivity index (χ4v) is 2.86. The lowest BCUT2D eigenvalue weighted by molar-refractivity contribution is -0.384. The summed E-state index contributed by atoms with van der Waals surface area (Å²) >= 11 is 1.60. The van der Waals surface area contributed by atoms with E-state index in [1.165, 1.54) is 24.3 Å². The van der Waals surface area contributed by atoms with Crippen molar-refractivity contribution in [2.24, 2.45) is 0 Å². The number of allylic oxidation sites excluding steroid dienone is 1. The third kappa shape index (κ3) is 8.04. The van der Waals surface area contributed by atoms with E-state index in [9.17, 15) is 14.9 Å². The van der Waals surface area contributed by atoms with Crippen LogP contribution in [0.1, 0.15) is 48.5 Å². The van der Waals surface area contributed by atoms with Crippen LogP contribution in [0, 0.1) is 33.8 Å². The maximum atomic E-state index is 12.4. The van der Waals surface area contributed by atoms with E-state index in [1.807, 2.05) is 23.8 Å². The van der Waals surface area contributed by atoms with Gasteiger partial charge in [0.2, 0.25) is 0 Å². The number of esters is 1. The number of carbonyl (C=O) groups excluding carboxylic acids is 1. The summed E-state index contributed by atoms with van der Waals surface area (Å²) in [6.45, 7) is 5.69. The van der Waals surface area contributed by atoms with Gasteiger partial charge in [0, 0.05) is 35.9 Å². The Morgan fingerprint density at radius 2 is 2.03 bits per heavy atom. The van der Waals surface area contributed by atoms with Crippen LogP contribution in [0.4, 0.5) is 5.69 Å². The van der Waals surface area contributed by atoms with Gasteiger partial charge in [-0.15, -0.1) is 0 Å². The number of non-ortho nitro benzene ring substituents is 1. The Morgan fingerprint density at radius 1 is 1.28 bits per heavy atom. The first-order chi connectivity index (χ1) is 14.0. The molecule has 148 valence electrons. The van der Waals surface area contributed by atoms with Crippen molar-refractivity contribution >= 4 is 23.0 Å². The predicted molar refractivity (Wildman–Crippen MR) is 115 cm³/mol. The minimum Gasteiger partial charge on any atom is -0.446 e. The lowest BCUT2D eigenvalue weighted by Gasteiger charge is -2.12. The molecule has 0 spiro atoms. The molecule has 0 N–H and O–H groups in total. The smallest absolute Gasteiger partial charge is 0.339 e. The van der Waals surface area contributed by atoms with Crippen molar-refractivity contribution in [3.8, 4) is 23.7 Å². The lowest BCUT2D eigenvalue weighted by atomic mass is 10.1. The van der Waals surface area contributed by atoms with Crippen LogP contribution in [0.5, 0.6) is 0 Å². The molecule has 0 aliphatic rings. The van der Waals surface area contributed by atoms with E-state index in [1.54, 1.807) is 11.3 Å². The molecule has 2 aromatic rings. The number of nitro benzene ring substituents is 1. The first-order valence-corrected chi connectivity index (χ1v) is 9.99. The highest BCUT2D eigenvalue weighted by Gasteiger charge is 2.15. The minimum atomic E-state index is -0.569. The molecule has 1 unspecified atom stereocenters. The topological polar surface area (TPSA) is 69.4 Å². The molecule has 0 amide bonds. The van der Waals surface area contributed by atoms with Crippen LogP contribution in [0.15, 0.2) is 53.2 Å². The molecular formula is C23H21NO4S. The first-order valence-electron chi connectivity index (χ1n) is 9.05. The van der Waals surface area contributed by atoms with E-state index in [2.05, 4.69) is 30.3 Å². The number of nitrogens with zero attached hydrogens (tertiary/aromatic N) is 1. The van der Waals surface area contributed by atoms with Crippen molar-refractivity contribution in [1.82, 2.24) is 0 Å². The Labute approximate surface area is 174 Å². The molecular weight excluding hydrogens is 386 g/mol. The Morgan fingerprint density at radius 3 is 2.66 bits per heavy atom. The van der Waals surface area contributed by atoms with Crippen LogP contribution in [-0.2, 0) is 4.74 Å². The van der Waals surface area contributed by atoms with E-state index in [0.717, 1.165) is 17.6 Å². The van der Waals surface area contributed by atoms with Crippen LogP contribution in [0.3, 0.4) is 0 Å². The summed E-state index contributed by atoms with van der Waals surface area (Å²) in [5.74, 6) is 11.6. The zero-order valence-corrected chi connectivity index (χ0v) is 17.0. The average Bonchev–Trinajstić information content (AvgIpc) is 3.20. The number of hydrogen-bond acceptors (Lipinski definition) is 5. The van der Waals surface area contributed by atoms with Crippen molar-refractivity contribution in [1.29, 1.82) is 0 Å². The summed E-state index contributed by atoms with van der Waals surface area (Å²) in [7, 11) is 0. The summed E-state index contributed by atoms with van der Waals surface area (Å²) in [6.07, 6.45) is 1.92. The van der Waals surface area contributed by atoms with Crippen molar-refractivity contribution in [3.05, 3.63) is 74.5 Å². The Kier molecular flexibility index (Phi) is 8.69. The Bertz CT molecular complexity index is 970. The second-order valence-corrected chi connectivity index (χ2v) is 7.14. The van der Waals surface area contributed by atoms with Crippen molar-refractivity contribution in [2.75, 3.05) is 0 Å². The number of carbonyl (C=O) groups is 1. The van der Waals surface area contributed by atoms with Gasteiger partial charge in [-0.05, 0) is 43.3 Å². The molecule has 5 nitrogen and oxygen atoms in total. The number of thiophene rings is 1. The monoisotopic (exact) mass is 407 g/mol. The van der Waals surface area contributed by atoms with Gasteiger partial charge in [-0.3, -0.25) is 10.1 Å². The number of unbranched alkanes of at least 4 members (excludes halogenated alkanes) is 1. The third-order valence-corrected chi connectivity index (χ3v) is 4.42. The summed E-state index contributed by atoms with van der Waals surface area (Å²) in [6, 6.07) is 7.28. The van der Waals surface area contributed by atoms with Crippen LogP contribution in [0.25, 0.3) is 0 Å². The average molecular weight is 407 g/mol. The fraction of sp³-hybridized carbons (Fsp3) is 0.261. The molecule has 29 heavy (non-hydrogen) atoms. The Hall–Kier alpha value is -3.35. The largest absolute Gasteiger partial charge is 0.446 e. The van der Waals surface area contributed by atoms with Crippen LogP contribution in [0.2, 0.25) is 0 Å². The zero-order chi connectivity index (χ0) is 21.1. The van der Waals surface area contributed by atoms with Gasteiger partial charge in [0.1, 0.15) is 0 Å². The quantitative estimate of drug-likeness (QED) is 0.154. The van der Waals surface area contributed by atoms with Gasteiger partial charge >= 0.3 is 5.97 Å². The molecule has 0 fully saturated rings. The van der Waals surface area contributed by atoms with Crippen molar-refractivity contribution in [3.63, 3.8) is 0 Å². The van der Waals surface area contributed by atoms with E-state index in [-0.39, 0.29) is 11.3 Å². The zero-order valence-electron chi connectivity index (χ0n) is 16.1. The highest BCUT2D eigenvalue weighted by atomic mass is 32.1. The second kappa shape index (κ2) is 11.5. The first kappa shape index (κ1) is 21.9. The maximum Gasteiger partial charge on any atom is 0.339 e. The molecule has 1 atom stereocenters. The van der Waals surface area contributed by atoms with Gasteiger partial charge in [0.25, 0.3) is 5.69 Å². The molecule has 2 rings (SSSR count). The van der Waals surface area contributed by atoms with Crippen LogP contribution >= 0.6 is 11.3 Å². The van der Waals surface area contributed by atoms with E-state index >= 15 is 0 Å². The summed E-state index contributed by atoms with van der Waals surface area (Å²) < 4.78 is 5.51. The third-order valence-electron chi connectivity index (χ3n) is 3.74. The maximum absolute atomic E-state index is 12.4. The fourth-order valence-electron chi connectivity index (χ4n) is 2.27. The predicted octanol–water partition coefficient (Wildman–Crippen LogP) is 5.37. The number of ether oxygens (including phenoxy) is 1. The van der Waals surface area contributed by atoms with Gasteiger partial charge in [0.05, 0.1) is 10.5 Å². The molecule has 6 heteroatoms. The number of rotatable bonds is 7. The van der Waals surface area contributed by atoms with Gasteiger partial charge < -0.3 is 4.74 Å². The molecule has 0 radical (unpaired) electrons. The SMILES string of the molecule is C=C(C)CC#CC(CCCC#Cc1ccsc1)OC(=O)c1ccc([N+](=O)[O-])cc1. The molecule has 0 bridgehead atoms. The van der Waals surface area contributed by atoms with E-state index in [0.29, 0.717) is 19.3 Å². The molecule has 0 saturated heterocycles. The van der Waals surface area contributed by atoms with Gasteiger partial charge in [-0.1, -0.05) is 35.8 Å². The van der Waals surface area contributed by atoms with Crippen LogP contribution < -0.4 is 0 Å². The molecule has 0 aliphatic heterocycles. The second-order valence-electron chi connectivity index (χ2n) is 6.36. The molecule has 0 saturated carbocycles. The van der Waals surface area contributed by atoms with Gasteiger partial charge in [-0.25, -0.2) is 4.79 Å². The Balaban J connectivity index is 1.96. The van der Waals surface area contributed by atoms with Crippen molar-refractivity contribution < 1.29 is 14.5 Å². The molecule has 1 heterocycles. The number of benzene rings is 1. The summed E-state index contributed by atoms with van der Waals surface area (Å²) in [5, 5.41) is 14.7. The number of hydrogen-bond donors (Lipinski definition) is 0. The molecule has 1 aromatic heterocycles. The standard InChI is InChI=1S/C23H21NO4S/c1-18(2)7-6-10-22(9-5-3-4-8-19-15-16-29-17-19)28-23(25)20-11-13-21(14-12-20)24(26)27/h11-17,22H,1,3,5,7,9H2,2H3.